The van der Waals surface area contributed by atoms with Crippen molar-refractivity contribution >= 4 is 35.9 Å². The van der Waals surface area contributed by atoms with E-state index in [1.807, 2.05) is 0 Å². The molecule has 1 aliphatic rings. The topological polar surface area (TPSA) is 66.0 Å². The number of hydrogen-bond donors (Lipinski definition) is 2. The number of carbonyl (C=O) groups is 1. The van der Waals surface area contributed by atoms with Crippen molar-refractivity contribution in [2.75, 3.05) is 40.3 Å². The summed E-state index contributed by atoms with van der Waals surface area (Å²) in [5, 5.41) is 6.79. The number of benzene rings is 1. The van der Waals surface area contributed by atoms with Gasteiger partial charge < -0.3 is 15.4 Å². The van der Waals surface area contributed by atoms with Crippen molar-refractivity contribution in [2.24, 2.45) is 4.99 Å². The highest BCUT2D eigenvalue weighted by atomic mass is 127. The lowest BCUT2D eigenvalue weighted by atomic mass is 10.1. The van der Waals surface area contributed by atoms with Gasteiger partial charge in [-0.2, -0.15) is 0 Å². The van der Waals surface area contributed by atoms with E-state index >= 15 is 0 Å². The Morgan fingerprint density at radius 1 is 1.19 bits per heavy atom. The number of nitrogens with zero attached hydrogens (tertiary/aromatic N) is 2. The third-order valence-corrected chi connectivity index (χ3v) is 4.78. The largest absolute Gasteiger partial charge is 0.469 e. The number of esters is 1. The Bertz CT molecular complexity index is 562. The van der Waals surface area contributed by atoms with Gasteiger partial charge in [0.2, 0.25) is 0 Å². The van der Waals surface area contributed by atoms with Gasteiger partial charge in [0.15, 0.2) is 5.96 Å². The zero-order chi connectivity index (χ0) is 18.6. The molecule has 1 heterocycles. The lowest BCUT2D eigenvalue weighted by Crippen LogP contribution is -2.43. The second kappa shape index (κ2) is 13.8. The first kappa shape index (κ1) is 23.7. The van der Waals surface area contributed by atoms with Crippen molar-refractivity contribution in [3.8, 4) is 0 Å². The molecule has 7 heteroatoms. The molecule has 0 spiro atoms. The van der Waals surface area contributed by atoms with Gasteiger partial charge in [0.05, 0.1) is 13.2 Å². The van der Waals surface area contributed by atoms with Crippen LogP contribution in [0.4, 0.5) is 0 Å². The number of ether oxygens (including phenoxy) is 1. The van der Waals surface area contributed by atoms with Crippen LogP contribution in [0.15, 0.2) is 35.3 Å². The molecule has 2 N–H and O–H groups in total. The minimum absolute atomic E-state index is 0. The highest BCUT2D eigenvalue weighted by molar-refractivity contribution is 14.0. The Morgan fingerprint density at radius 2 is 1.89 bits per heavy atom. The monoisotopic (exact) mass is 488 g/mol. The van der Waals surface area contributed by atoms with E-state index in [2.05, 4.69) is 55.6 Å². The fourth-order valence-electron chi connectivity index (χ4n) is 3.30. The molecule has 1 saturated heterocycles. The molecule has 1 aromatic rings. The van der Waals surface area contributed by atoms with E-state index in [-0.39, 0.29) is 29.9 Å². The van der Waals surface area contributed by atoms with Crippen molar-refractivity contribution in [3.63, 3.8) is 0 Å². The molecule has 0 bridgehead atoms. The molecule has 0 saturated carbocycles. The maximum atomic E-state index is 11.1. The van der Waals surface area contributed by atoms with Crippen LogP contribution in [0.25, 0.3) is 0 Å². The maximum absolute atomic E-state index is 11.1. The third-order valence-electron chi connectivity index (χ3n) is 4.78. The van der Waals surface area contributed by atoms with Crippen molar-refractivity contribution in [3.05, 3.63) is 35.9 Å². The van der Waals surface area contributed by atoms with Gasteiger partial charge in [-0.1, -0.05) is 30.3 Å². The van der Waals surface area contributed by atoms with E-state index in [1.165, 1.54) is 25.5 Å². The van der Waals surface area contributed by atoms with Gasteiger partial charge in [0, 0.05) is 26.6 Å². The molecule has 1 fully saturated rings. The second-order valence-corrected chi connectivity index (χ2v) is 6.58. The molecular formula is C20H33IN4O2. The summed E-state index contributed by atoms with van der Waals surface area (Å²) >= 11 is 0. The van der Waals surface area contributed by atoms with Crippen LogP contribution < -0.4 is 10.6 Å². The number of methoxy groups -OCH3 is 1. The maximum Gasteiger partial charge on any atom is 0.305 e. The molecule has 0 aromatic heterocycles. The first-order valence-electron chi connectivity index (χ1n) is 9.55. The van der Waals surface area contributed by atoms with Crippen LogP contribution >= 0.6 is 24.0 Å². The van der Waals surface area contributed by atoms with Gasteiger partial charge in [-0.15, -0.1) is 24.0 Å². The van der Waals surface area contributed by atoms with Crippen molar-refractivity contribution < 1.29 is 9.53 Å². The van der Waals surface area contributed by atoms with E-state index < -0.39 is 0 Å². The summed E-state index contributed by atoms with van der Waals surface area (Å²) in [5.41, 5.74) is 1.34. The first-order chi connectivity index (χ1) is 12.7. The van der Waals surface area contributed by atoms with Gasteiger partial charge >= 0.3 is 5.97 Å². The van der Waals surface area contributed by atoms with Crippen LogP contribution in [-0.4, -0.2) is 57.2 Å². The third kappa shape index (κ3) is 8.47. The number of unbranched alkanes of at least 4 members (excludes halogenated alkanes) is 1. The summed E-state index contributed by atoms with van der Waals surface area (Å²) in [6.45, 7) is 3.92. The zero-order valence-electron chi connectivity index (χ0n) is 16.4. The molecule has 1 atom stereocenters. The van der Waals surface area contributed by atoms with E-state index in [9.17, 15) is 4.79 Å². The molecule has 0 amide bonds. The van der Waals surface area contributed by atoms with Crippen molar-refractivity contribution in [2.45, 2.75) is 38.1 Å². The lowest BCUT2D eigenvalue weighted by molar-refractivity contribution is -0.140. The van der Waals surface area contributed by atoms with Crippen LogP contribution in [0.3, 0.4) is 0 Å². The highest BCUT2D eigenvalue weighted by Crippen LogP contribution is 2.24. The number of nitrogens with one attached hydrogen (secondary N) is 2. The predicted molar refractivity (Wildman–Crippen MR) is 121 cm³/mol. The number of carbonyl (C=O) groups excluding carboxylic acids is 1. The van der Waals surface area contributed by atoms with Gasteiger partial charge in [0.25, 0.3) is 0 Å². The quantitative estimate of drug-likeness (QED) is 0.184. The Balaban J connectivity index is 0.00000364. The van der Waals surface area contributed by atoms with E-state index in [4.69, 9.17) is 0 Å². The van der Waals surface area contributed by atoms with E-state index in [0.29, 0.717) is 12.5 Å². The second-order valence-electron chi connectivity index (χ2n) is 6.58. The minimum atomic E-state index is -0.149. The Kier molecular flexibility index (Phi) is 12.1. The van der Waals surface area contributed by atoms with E-state index in [0.717, 1.165) is 45.0 Å². The fourth-order valence-corrected chi connectivity index (χ4v) is 3.30. The van der Waals surface area contributed by atoms with Crippen LogP contribution in [-0.2, 0) is 9.53 Å². The molecule has 152 valence electrons. The Hall–Kier alpha value is -1.35. The van der Waals surface area contributed by atoms with Gasteiger partial charge in [-0.05, 0) is 44.3 Å². The molecule has 2 rings (SSSR count). The molecular weight excluding hydrogens is 455 g/mol. The molecule has 0 radical (unpaired) electrons. The smallest absolute Gasteiger partial charge is 0.305 e. The molecule has 27 heavy (non-hydrogen) atoms. The van der Waals surface area contributed by atoms with Gasteiger partial charge in [-0.25, -0.2) is 0 Å². The summed E-state index contributed by atoms with van der Waals surface area (Å²) in [6, 6.07) is 11.0. The molecule has 1 aliphatic heterocycles. The standard InChI is InChI=1S/C20H32N4O2.HI/c1-21-20(22-13-7-6-12-19(25)26-2)23-16-18(24-14-8-9-15-24)17-10-4-3-5-11-17;/h3-5,10-11,18H,6-9,12-16H2,1-2H3,(H2,21,22,23);1H. The van der Waals surface area contributed by atoms with Gasteiger partial charge in [-0.3, -0.25) is 14.7 Å². The minimum Gasteiger partial charge on any atom is -0.469 e. The summed E-state index contributed by atoms with van der Waals surface area (Å²) in [4.78, 5) is 18.0. The van der Waals surface area contributed by atoms with Gasteiger partial charge in [0.1, 0.15) is 0 Å². The molecule has 1 unspecified atom stereocenters. The summed E-state index contributed by atoms with van der Waals surface area (Å²) in [6.07, 6.45) is 4.74. The summed E-state index contributed by atoms with van der Waals surface area (Å²) < 4.78 is 4.65. The Labute approximate surface area is 180 Å². The average Bonchev–Trinajstić information content (AvgIpc) is 3.21. The predicted octanol–water partition coefficient (Wildman–Crippen LogP) is 2.95. The van der Waals surface area contributed by atoms with Crippen LogP contribution in [0.2, 0.25) is 0 Å². The van der Waals surface area contributed by atoms with Crippen LogP contribution in [0.1, 0.15) is 43.7 Å². The van der Waals surface area contributed by atoms with Crippen LogP contribution in [0, 0.1) is 0 Å². The molecule has 0 aliphatic carbocycles. The number of rotatable bonds is 9. The van der Waals surface area contributed by atoms with Crippen molar-refractivity contribution in [1.82, 2.24) is 15.5 Å². The number of guanidine groups is 1. The number of halogens is 1. The number of likely N-dealkylation sites (tertiary alicyclic amines) is 1. The highest BCUT2D eigenvalue weighted by Gasteiger charge is 2.23. The first-order valence-corrected chi connectivity index (χ1v) is 9.55. The fraction of sp³-hybridized carbons (Fsp3) is 0.600. The summed E-state index contributed by atoms with van der Waals surface area (Å²) in [7, 11) is 3.22. The lowest BCUT2D eigenvalue weighted by Gasteiger charge is -2.29. The average molecular weight is 488 g/mol. The summed E-state index contributed by atoms with van der Waals surface area (Å²) in [5.74, 6) is 0.659. The molecule has 1 aromatic carbocycles. The molecule has 6 nitrogen and oxygen atoms in total. The number of aliphatic imine (C=N–C) groups is 1. The zero-order valence-corrected chi connectivity index (χ0v) is 18.8. The van der Waals surface area contributed by atoms with E-state index in [1.54, 1.807) is 7.05 Å². The van der Waals surface area contributed by atoms with Crippen molar-refractivity contribution in [1.29, 1.82) is 0 Å². The van der Waals surface area contributed by atoms with Crippen LogP contribution in [0.5, 0.6) is 0 Å². The number of hydrogen-bond acceptors (Lipinski definition) is 4. The normalized spacial score (nSPS) is 15.7. The SMILES string of the molecule is CN=C(NCCCCC(=O)OC)NCC(c1ccccc1)N1CCCC1.I. The Morgan fingerprint density at radius 3 is 2.52 bits per heavy atom.